The molecule has 1 aliphatic rings. The highest BCUT2D eigenvalue weighted by molar-refractivity contribution is 6.32. The van der Waals surface area contributed by atoms with Crippen molar-refractivity contribution in [3.63, 3.8) is 0 Å². The molecule has 2 aromatic carbocycles. The summed E-state index contributed by atoms with van der Waals surface area (Å²) < 4.78 is 38.7. The van der Waals surface area contributed by atoms with Gasteiger partial charge in [0, 0.05) is 19.2 Å². The van der Waals surface area contributed by atoms with E-state index in [1.165, 1.54) is 30.3 Å². The molecule has 0 aliphatic carbocycles. The van der Waals surface area contributed by atoms with Crippen molar-refractivity contribution in [1.82, 2.24) is 5.32 Å². The number of ether oxygens (including phenoxy) is 2. The van der Waals surface area contributed by atoms with Gasteiger partial charge in [-0.05, 0) is 29.8 Å². The van der Waals surface area contributed by atoms with Crippen molar-refractivity contribution in [2.75, 3.05) is 19.7 Å². The number of halogens is 3. The molecule has 0 saturated carbocycles. The smallest absolute Gasteiger partial charge is 0.151 e. The molecule has 1 aliphatic heterocycles. The third-order valence-electron chi connectivity index (χ3n) is 3.62. The van der Waals surface area contributed by atoms with Crippen LogP contribution in [0.3, 0.4) is 0 Å². The lowest BCUT2D eigenvalue weighted by atomic mass is 10.0. The molecule has 6 heteroatoms. The van der Waals surface area contributed by atoms with E-state index in [1.54, 1.807) is 12.1 Å². The van der Waals surface area contributed by atoms with Crippen LogP contribution in [0.25, 0.3) is 0 Å². The standard InChI is InChI=1S/C17H16ClF2NO2/c18-14-5-4-13(20)9-15(14)23-17(16-10-21-6-7-22-16)11-2-1-3-12(19)8-11/h1-5,8-9,16-17,21H,6-7,10H2/t16?,17-/m0/s1. The molecule has 1 saturated heterocycles. The molecule has 1 N–H and O–H groups in total. The lowest BCUT2D eigenvalue weighted by Crippen LogP contribution is -2.43. The fraction of sp³-hybridized carbons (Fsp3) is 0.294. The normalized spacial score (nSPS) is 19.3. The Balaban J connectivity index is 1.92. The number of hydrogen-bond donors (Lipinski definition) is 1. The molecule has 3 nitrogen and oxygen atoms in total. The van der Waals surface area contributed by atoms with Crippen molar-refractivity contribution in [2.45, 2.75) is 12.2 Å². The van der Waals surface area contributed by atoms with Gasteiger partial charge in [-0.2, -0.15) is 0 Å². The molecule has 2 aromatic rings. The Hall–Kier alpha value is -1.69. The summed E-state index contributed by atoms with van der Waals surface area (Å²) in [7, 11) is 0. The highest BCUT2D eigenvalue weighted by Crippen LogP contribution is 2.32. The van der Waals surface area contributed by atoms with Gasteiger partial charge in [0.1, 0.15) is 23.5 Å². The maximum absolute atomic E-state index is 13.6. The average Bonchev–Trinajstić information content (AvgIpc) is 2.56. The van der Waals surface area contributed by atoms with E-state index < -0.39 is 11.9 Å². The van der Waals surface area contributed by atoms with Crippen LogP contribution in [-0.4, -0.2) is 25.8 Å². The van der Waals surface area contributed by atoms with Gasteiger partial charge in [0.25, 0.3) is 0 Å². The molecule has 1 unspecified atom stereocenters. The average molecular weight is 340 g/mol. The van der Waals surface area contributed by atoms with Crippen molar-refractivity contribution in [1.29, 1.82) is 0 Å². The fourth-order valence-corrected chi connectivity index (χ4v) is 2.69. The Morgan fingerprint density at radius 3 is 2.74 bits per heavy atom. The second-order valence-electron chi connectivity index (χ2n) is 5.28. The van der Waals surface area contributed by atoms with Crippen LogP contribution in [0.15, 0.2) is 42.5 Å². The minimum atomic E-state index is -0.599. The van der Waals surface area contributed by atoms with Crippen LogP contribution in [0, 0.1) is 11.6 Å². The van der Waals surface area contributed by atoms with E-state index in [0.29, 0.717) is 18.7 Å². The van der Waals surface area contributed by atoms with Crippen LogP contribution in [-0.2, 0) is 4.74 Å². The first-order valence-corrected chi connectivity index (χ1v) is 7.71. The zero-order valence-corrected chi connectivity index (χ0v) is 13.0. The number of morpholine rings is 1. The summed E-state index contributed by atoms with van der Waals surface area (Å²) in [5.74, 6) is -0.620. The monoisotopic (exact) mass is 339 g/mol. The van der Waals surface area contributed by atoms with E-state index in [4.69, 9.17) is 21.1 Å². The van der Waals surface area contributed by atoms with Gasteiger partial charge in [-0.3, -0.25) is 0 Å². The van der Waals surface area contributed by atoms with Crippen LogP contribution < -0.4 is 10.1 Å². The lowest BCUT2D eigenvalue weighted by molar-refractivity contribution is -0.0433. The number of hydrogen-bond acceptors (Lipinski definition) is 3. The predicted molar refractivity (Wildman–Crippen MR) is 83.8 cm³/mol. The largest absolute Gasteiger partial charge is 0.481 e. The molecule has 122 valence electrons. The van der Waals surface area contributed by atoms with Gasteiger partial charge in [-0.1, -0.05) is 23.7 Å². The van der Waals surface area contributed by atoms with Gasteiger partial charge in [0.2, 0.25) is 0 Å². The van der Waals surface area contributed by atoms with Gasteiger partial charge in [-0.15, -0.1) is 0 Å². The highest BCUT2D eigenvalue weighted by atomic mass is 35.5. The third kappa shape index (κ3) is 3.99. The van der Waals surface area contributed by atoms with Gasteiger partial charge in [-0.25, -0.2) is 8.78 Å². The SMILES string of the molecule is Fc1cccc([C@H](Oc2cc(F)ccc2Cl)C2CNCCO2)c1. The summed E-state index contributed by atoms with van der Waals surface area (Å²) in [5, 5.41) is 3.49. The summed E-state index contributed by atoms with van der Waals surface area (Å²) >= 11 is 6.08. The molecule has 0 aromatic heterocycles. The summed E-state index contributed by atoms with van der Waals surface area (Å²) in [6, 6.07) is 9.99. The molecular weight excluding hydrogens is 324 g/mol. The molecule has 1 fully saturated rings. The first-order valence-electron chi connectivity index (χ1n) is 7.33. The topological polar surface area (TPSA) is 30.5 Å². The molecule has 3 rings (SSSR count). The van der Waals surface area contributed by atoms with Gasteiger partial charge in [0.15, 0.2) is 6.10 Å². The van der Waals surface area contributed by atoms with E-state index >= 15 is 0 Å². The quantitative estimate of drug-likeness (QED) is 0.920. The van der Waals surface area contributed by atoms with E-state index in [1.807, 2.05) is 0 Å². The minimum absolute atomic E-state index is 0.204. The maximum Gasteiger partial charge on any atom is 0.151 e. The lowest BCUT2D eigenvalue weighted by Gasteiger charge is -2.31. The van der Waals surface area contributed by atoms with Crippen molar-refractivity contribution < 1.29 is 18.3 Å². The summed E-state index contributed by atoms with van der Waals surface area (Å²) in [6.45, 7) is 1.82. The Morgan fingerprint density at radius 2 is 2.00 bits per heavy atom. The van der Waals surface area contributed by atoms with E-state index in [-0.39, 0.29) is 22.7 Å². The van der Waals surface area contributed by atoms with Crippen LogP contribution >= 0.6 is 11.6 Å². The van der Waals surface area contributed by atoms with Crippen molar-refractivity contribution >= 4 is 11.6 Å². The van der Waals surface area contributed by atoms with Crippen LogP contribution in [0.1, 0.15) is 11.7 Å². The molecule has 0 bridgehead atoms. The zero-order valence-electron chi connectivity index (χ0n) is 12.3. The molecule has 0 spiro atoms. The first-order chi connectivity index (χ1) is 11.1. The Morgan fingerprint density at radius 1 is 1.17 bits per heavy atom. The van der Waals surface area contributed by atoms with Crippen molar-refractivity contribution in [3.05, 3.63) is 64.7 Å². The van der Waals surface area contributed by atoms with Crippen LogP contribution in [0.4, 0.5) is 8.78 Å². The van der Waals surface area contributed by atoms with E-state index in [0.717, 1.165) is 6.54 Å². The van der Waals surface area contributed by atoms with Crippen LogP contribution in [0.5, 0.6) is 5.75 Å². The molecule has 23 heavy (non-hydrogen) atoms. The fourth-order valence-electron chi connectivity index (χ4n) is 2.53. The summed E-state index contributed by atoms with van der Waals surface area (Å²) in [4.78, 5) is 0. The highest BCUT2D eigenvalue weighted by Gasteiger charge is 2.29. The number of rotatable bonds is 4. The van der Waals surface area contributed by atoms with Crippen molar-refractivity contribution in [2.24, 2.45) is 0 Å². The predicted octanol–water partition coefficient (Wildman–Crippen LogP) is 3.73. The van der Waals surface area contributed by atoms with E-state index in [2.05, 4.69) is 5.32 Å². The molecule has 1 heterocycles. The molecule has 0 radical (unpaired) electrons. The van der Waals surface area contributed by atoms with Gasteiger partial charge < -0.3 is 14.8 Å². The second kappa shape index (κ2) is 7.25. The maximum atomic E-state index is 13.6. The summed E-state index contributed by atoms with van der Waals surface area (Å²) in [6.07, 6.45) is -0.928. The van der Waals surface area contributed by atoms with Gasteiger partial charge in [0.05, 0.1) is 11.6 Å². The number of nitrogens with one attached hydrogen (secondary N) is 1. The van der Waals surface area contributed by atoms with E-state index in [9.17, 15) is 8.78 Å². The van der Waals surface area contributed by atoms with Gasteiger partial charge >= 0.3 is 0 Å². The Kier molecular flexibility index (Phi) is 5.10. The van der Waals surface area contributed by atoms with Crippen molar-refractivity contribution in [3.8, 4) is 5.75 Å². The molecule has 0 amide bonds. The Labute approximate surface area is 138 Å². The third-order valence-corrected chi connectivity index (χ3v) is 3.93. The zero-order chi connectivity index (χ0) is 16.2. The Bertz CT molecular complexity index is 677. The summed E-state index contributed by atoms with van der Waals surface area (Å²) in [5.41, 5.74) is 0.610. The minimum Gasteiger partial charge on any atom is -0.481 e. The number of benzene rings is 2. The molecule has 2 atom stereocenters. The first kappa shape index (κ1) is 16.2. The molecular formula is C17H16ClF2NO2. The second-order valence-corrected chi connectivity index (χ2v) is 5.69. The van der Waals surface area contributed by atoms with Crippen LogP contribution in [0.2, 0.25) is 5.02 Å².